The molecule has 258 valence electrons. The number of aryl methyl sites for hydroxylation is 1. The highest BCUT2D eigenvalue weighted by atomic mass is 19.0. The topological polar surface area (TPSA) is 54.0 Å². The van der Waals surface area contributed by atoms with Crippen LogP contribution in [0.15, 0.2) is 24.3 Å². The monoisotopic (exact) mass is 617 g/mol. The molecule has 0 saturated carbocycles. The van der Waals surface area contributed by atoms with E-state index < -0.39 is 0 Å². The molecule has 0 saturated heterocycles. The average Bonchev–Trinajstić information content (AvgIpc) is 2.95. The quantitative estimate of drug-likeness (QED) is 0.133. The van der Waals surface area contributed by atoms with Crippen LogP contribution in [-0.2, 0) is 32.2 Å². The van der Waals surface area contributed by atoms with Crippen LogP contribution < -0.4 is 4.74 Å². The predicted octanol–water partition coefficient (Wildman–Crippen LogP) is 11.6. The van der Waals surface area contributed by atoms with Crippen LogP contribution in [0, 0.1) is 12.8 Å². The Morgan fingerprint density at radius 3 is 1.51 bits per heavy atom. The normalized spacial score (nSPS) is 11.1. The third-order valence-corrected chi connectivity index (χ3v) is 5.27. The highest BCUT2D eigenvalue weighted by Crippen LogP contribution is 2.30. The van der Waals surface area contributed by atoms with Crippen LogP contribution in [0.25, 0.3) is 0 Å². The smallest absolute Gasteiger partial charge is 0.308 e. The maximum absolute atomic E-state index is 11.9. The molecule has 0 radical (unpaired) electrons. The van der Waals surface area contributed by atoms with Gasteiger partial charge < -0.3 is 18.9 Å². The number of unbranched alkanes of at least 4 members (excludes halogenated alkanes) is 1. The number of halogens is 1. The average molecular weight is 617 g/mol. The summed E-state index contributed by atoms with van der Waals surface area (Å²) in [5, 5.41) is 0. The van der Waals surface area contributed by atoms with Crippen molar-refractivity contribution in [3.63, 3.8) is 0 Å². The molecule has 5 nitrogen and oxygen atoms in total. The number of ether oxygens (including phenoxy) is 4. The van der Waals surface area contributed by atoms with Crippen LogP contribution in [0.3, 0.4) is 0 Å². The van der Waals surface area contributed by atoms with Crippen molar-refractivity contribution in [2.45, 2.75) is 168 Å². The van der Waals surface area contributed by atoms with Crippen molar-refractivity contribution in [1.82, 2.24) is 0 Å². The Hall–Kier alpha value is -1.92. The number of allylic oxidation sites excluding steroid dienone is 2. The molecule has 0 aliphatic rings. The first kappa shape index (κ1) is 50.7. The van der Waals surface area contributed by atoms with Crippen molar-refractivity contribution >= 4 is 5.97 Å². The summed E-state index contributed by atoms with van der Waals surface area (Å²) in [6.45, 7) is 36.0. The number of carbonyl (C=O) groups is 1. The SMILES string of the molecule is CC.CC.CC=CCC.CCC(C)C(=O)OCCOc1c(COC(C)(C)C)cc(C)cc1COC(C)(C)C.CCCC.F. The summed E-state index contributed by atoms with van der Waals surface area (Å²) >= 11 is 0. The van der Waals surface area contributed by atoms with E-state index >= 15 is 0 Å². The minimum atomic E-state index is -0.255. The molecule has 0 heterocycles. The van der Waals surface area contributed by atoms with E-state index in [-0.39, 0.29) is 41.0 Å². The molecular weight excluding hydrogens is 543 g/mol. The van der Waals surface area contributed by atoms with Crippen LogP contribution in [0.2, 0.25) is 0 Å². The van der Waals surface area contributed by atoms with Gasteiger partial charge in [0.1, 0.15) is 19.0 Å². The van der Waals surface area contributed by atoms with E-state index in [4.69, 9.17) is 18.9 Å². The fraction of sp³-hybridized carbons (Fsp3) is 0.757. The molecule has 0 N–H and O–H groups in total. The molecule has 0 amide bonds. The first-order valence-electron chi connectivity index (χ1n) is 16.5. The largest absolute Gasteiger partial charge is 0.489 e. The van der Waals surface area contributed by atoms with E-state index in [0.29, 0.717) is 13.2 Å². The summed E-state index contributed by atoms with van der Waals surface area (Å²) in [5.74, 6) is 0.470. The van der Waals surface area contributed by atoms with E-state index in [1.54, 1.807) is 0 Å². The lowest BCUT2D eigenvalue weighted by Gasteiger charge is -2.24. The summed E-state index contributed by atoms with van der Waals surface area (Å²) in [6, 6.07) is 4.15. The lowest BCUT2D eigenvalue weighted by atomic mass is 10.0. The standard InChI is InChI=1S/C24H40O5.C5H10.C4H10.2C2H6.FH/c1-10-18(3)22(25)27-12-11-26-21-19(15-28-23(4,5)6)13-17(2)14-20(21)16-29-24(7,8)9;1-3-5-4-2;1-3-4-2;2*1-2;/h13-14,18H,10-12,15-16H2,1-9H3;3,5H,4H2,1-2H3;3-4H2,1-2H3;2*1-2H3;1H. The zero-order valence-corrected chi connectivity index (χ0v) is 31.5. The fourth-order valence-electron chi connectivity index (χ4n) is 2.75. The number of hydrogen-bond acceptors (Lipinski definition) is 5. The molecular formula is C37H73FO5. The second kappa shape index (κ2) is 31.5. The summed E-state index contributed by atoms with van der Waals surface area (Å²) < 4.78 is 23.4. The number of hydrogen-bond donors (Lipinski definition) is 0. The molecule has 0 fully saturated rings. The van der Waals surface area contributed by atoms with Gasteiger partial charge >= 0.3 is 5.97 Å². The summed E-state index contributed by atoms with van der Waals surface area (Å²) in [6.07, 6.45) is 8.75. The van der Waals surface area contributed by atoms with Crippen molar-refractivity contribution in [3.05, 3.63) is 41.0 Å². The molecule has 0 spiro atoms. The van der Waals surface area contributed by atoms with Crippen molar-refractivity contribution in [2.24, 2.45) is 5.92 Å². The first-order valence-corrected chi connectivity index (χ1v) is 16.5. The lowest BCUT2D eigenvalue weighted by Crippen LogP contribution is -2.21. The Bertz CT molecular complexity index is 735. The van der Waals surface area contributed by atoms with Gasteiger partial charge in [0.05, 0.1) is 30.3 Å². The summed E-state index contributed by atoms with van der Waals surface area (Å²) in [5.41, 5.74) is 2.56. The Labute approximate surface area is 267 Å². The number of rotatable bonds is 12. The number of esters is 1. The molecule has 1 rings (SSSR count). The van der Waals surface area contributed by atoms with Gasteiger partial charge in [-0.3, -0.25) is 9.50 Å². The molecule has 0 aliphatic heterocycles. The van der Waals surface area contributed by atoms with Crippen LogP contribution in [-0.4, -0.2) is 30.4 Å². The van der Waals surface area contributed by atoms with Crippen molar-refractivity contribution in [1.29, 1.82) is 0 Å². The highest BCUT2D eigenvalue weighted by molar-refractivity contribution is 5.71. The van der Waals surface area contributed by atoms with E-state index in [2.05, 4.69) is 52.0 Å². The molecule has 0 aliphatic carbocycles. The fourth-order valence-corrected chi connectivity index (χ4v) is 2.75. The second-order valence-corrected chi connectivity index (χ2v) is 11.5. The molecule has 1 unspecified atom stereocenters. The van der Waals surface area contributed by atoms with Crippen molar-refractivity contribution in [3.8, 4) is 5.75 Å². The minimum Gasteiger partial charge on any atom is -0.489 e. The maximum Gasteiger partial charge on any atom is 0.308 e. The number of benzene rings is 1. The van der Waals surface area contributed by atoms with Crippen molar-refractivity contribution < 1.29 is 28.4 Å². The Balaban J connectivity index is -0.000000292. The predicted molar refractivity (Wildman–Crippen MR) is 187 cm³/mol. The van der Waals surface area contributed by atoms with Gasteiger partial charge in [-0.2, -0.15) is 0 Å². The van der Waals surface area contributed by atoms with Gasteiger partial charge in [0.2, 0.25) is 0 Å². The zero-order valence-electron chi connectivity index (χ0n) is 31.5. The number of carbonyl (C=O) groups excluding carboxylic acids is 1. The molecule has 0 aromatic heterocycles. The maximum atomic E-state index is 11.9. The van der Waals surface area contributed by atoms with Gasteiger partial charge in [-0.15, -0.1) is 0 Å². The molecule has 0 bridgehead atoms. The van der Waals surface area contributed by atoms with Crippen LogP contribution in [0.5, 0.6) is 5.75 Å². The summed E-state index contributed by atoms with van der Waals surface area (Å²) in [4.78, 5) is 11.9. The lowest BCUT2D eigenvalue weighted by molar-refractivity contribution is -0.148. The molecule has 1 aromatic rings. The third-order valence-electron chi connectivity index (χ3n) is 5.27. The third kappa shape index (κ3) is 32.8. The molecule has 43 heavy (non-hydrogen) atoms. The van der Waals surface area contributed by atoms with Gasteiger partial charge in [0.15, 0.2) is 0 Å². The van der Waals surface area contributed by atoms with Gasteiger partial charge in [-0.1, -0.05) is 105 Å². The molecule has 1 aromatic carbocycles. The molecule has 1 atom stereocenters. The second-order valence-electron chi connectivity index (χ2n) is 11.5. The van der Waals surface area contributed by atoms with Gasteiger partial charge in [0, 0.05) is 11.1 Å². The Morgan fingerprint density at radius 2 is 1.23 bits per heavy atom. The minimum absolute atomic E-state index is 0. The van der Waals surface area contributed by atoms with Gasteiger partial charge in [-0.25, -0.2) is 0 Å². The highest BCUT2D eigenvalue weighted by Gasteiger charge is 2.19. The first-order chi connectivity index (χ1) is 19.6. The molecule has 6 heteroatoms. The Morgan fingerprint density at radius 1 is 0.814 bits per heavy atom. The van der Waals surface area contributed by atoms with E-state index in [9.17, 15) is 4.79 Å². The van der Waals surface area contributed by atoms with Crippen LogP contribution in [0.4, 0.5) is 4.70 Å². The van der Waals surface area contributed by atoms with E-state index in [1.807, 2.05) is 90.0 Å². The van der Waals surface area contributed by atoms with Gasteiger partial charge in [-0.05, 0) is 68.2 Å². The Kier molecular flexibility index (Phi) is 37.1. The van der Waals surface area contributed by atoms with E-state index in [1.165, 1.54) is 12.8 Å². The summed E-state index contributed by atoms with van der Waals surface area (Å²) in [7, 11) is 0. The van der Waals surface area contributed by atoms with E-state index in [0.717, 1.165) is 35.3 Å². The van der Waals surface area contributed by atoms with Crippen LogP contribution >= 0.6 is 0 Å². The van der Waals surface area contributed by atoms with Crippen molar-refractivity contribution in [2.75, 3.05) is 13.2 Å². The van der Waals surface area contributed by atoms with Gasteiger partial charge in [0.25, 0.3) is 0 Å². The zero-order chi connectivity index (χ0) is 33.8. The van der Waals surface area contributed by atoms with Crippen LogP contribution in [0.1, 0.15) is 153 Å².